The molecule has 0 aliphatic rings. The van der Waals surface area contributed by atoms with Crippen molar-refractivity contribution in [3.8, 4) is 6.07 Å². The summed E-state index contributed by atoms with van der Waals surface area (Å²) in [6.07, 6.45) is 0.556. The number of hydrogen-bond donors (Lipinski definition) is 1. The molecule has 86 valence electrons. The smallest absolute Gasteiger partial charge is 0.0635 e. The Morgan fingerprint density at radius 1 is 1.31 bits per heavy atom. The van der Waals surface area contributed by atoms with E-state index in [0.717, 1.165) is 6.54 Å². The molecule has 1 aromatic carbocycles. The van der Waals surface area contributed by atoms with Crippen molar-refractivity contribution >= 4 is 5.69 Å². The minimum atomic E-state index is 0.296. The summed E-state index contributed by atoms with van der Waals surface area (Å²) in [4.78, 5) is 2.08. The molecule has 1 rings (SSSR count). The number of nitrogens with one attached hydrogen (secondary N) is 1. The van der Waals surface area contributed by atoms with Crippen molar-refractivity contribution in [2.45, 2.75) is 19.4 Å². The highest BCUT2D eigenvalue weighted by Crippen LogP contribution is 2.17. The highest BCUT2D eigenvalue weighted by molar-refractivity contribution is 5.46. The Balaban J connectivity index is 2.56. The van der Waals surface area contributed by atoms with Crippen LogP contribution in [-0.4, -0.2) is 20.6 Å². The molecule has 0 bridgehead atoms. The monoisotopic (exact) mass is 217 g/mol. The van der Waals surface area contributed by atoms with Gasteiger partial charge >= 0.3 is 0 Å². The molecule has 0 spiro atoms. The Morgan fingerprint density at radius 3 is 2.44 bits per heavy atom. The second-order valence-electron chi connectivity index (χ2n) is 4.07. The predicted octanol–water partition coefficient (Wildman–Crippen LogP) is 2.32. The molecule has 0 radical (unpaired) electrons. The fourth-order valence-electron chi connectivity index (χ4n) is 1.52. The van der Waals surface area contributed by atoms with Crippen LogP contribution in [0.5, 0.6) is 0 Å². The second-order valence-corrected chi connectivity index (χ2v) is 4.07. The van der Waals surface area contributed by atoms with Gasteiger partial charge in [-0.25, -0.2) is 0 Å². The highest BCUT2D eigenvalue weighted by Gasteiger charge is 2.04. The number of hydrogen-bond acceptors (Lipinski definition) is 3. The topological polar surface area (TPSA) is 39.1 Å². The number of benzene rings is 1. The van der Waals surface area contributed by atoms with E-state index in [1.54, 1.807) is 0 Å². The summed E-state index contributed by atoms with van der Waals surface area (Å²) in [5.74, 6) is 0. The first kappa shape index (κ1) is 12.5. The molecule has 0 aromatic heterocycles. The van der Waals surface area contributed by atoms with Crippen LogP contribution < -0.4 is 10.2 Å². The van der Waals surface area contributed by atoms with Crippen molar-refractivity contribution in [1.29, 1.82) is 5.26 Å². The molecule has 1 atom stereocenters. The van der Waals surface area contributed by atoms with Gasteiger partial charge in [-0.3, -0.25) is 0 Å². The zero-order valence-corrected chi connectivity index (χ0v) is 10.2. The lowest BCUT2D eigenvalue weighted by atomic mass is 10.1. The van der Waals surface area contributed by atoms with Crippen molar-refractivity contribution in [2.24, 2.45) is 0 Å². The SMILES string of the molecule is CC(NCCC#N)c1ccc(N(C)C)cc1. The average Bonchev–Trinajstić information content (AvgIpc) is 2.29. The third-order valence-electron chi connectivity index (χ3n) is 2.60. The quantitative estimate of drug-likeness (QED) is 0.769. The fourth-order valence-corrected chi connectivity index (χ4v) is 1.52. The van der Waals surface area contributed by atoms with Gasteiger partial charge in [0, 0.05) is 38.8 Å². The third kappa shape index (κ3) is 3.56. The van der Waals surface area contributed by atoms with E-state index in [1.807, 2.05) is 14.1 Å². The van der Waals surface area contributed by atoms with E-state index < -0.39 is 0 Å². The molecule has 1 aromatic rings. The Kier molecular flexibility index (Phi) is 4.81. The maximum Gasteiger partial charge on any atom is 0.0635 e. The largest absolute Gasteiger partial charge is 0.378 e. The summed E-state index contributed by atoms with van der Waals surface area (Å²) >= 11 is 0. The lowest BCUT2D eigenvalue weighted by Crippen LogP contribution is -2.19. The lowest BCUT2D eigenvalue weighted by Gasteiger charge is -2.16. The van der Waals surface area contributed by atoms with Crippen molar-refractivity contribution in [3.05, 3.63) is 29.8 Å². The first-order valence-electron chi connectivity index (χ1n) is 5.52. The van der Waals surface area contributed by atoms with Gasteiger partial charge in [0.15, 0.2) is 0 Å². The fraction of sp³-hybridized carbons (Fsp3) is 0.462. The molecule has 0 heterocycles. The van der Waals surface area contributed by atoms with Gasteiger partial charge in [0.05, 0.1) is 6.07 Å². The Morgan fingerprint density at radius 2 is 1.94 bits per heavy atom. The van der Waals surface area contributed by atoms with Crippen molar-refractivity contribution in [3.63, 3.8) is 0 Å². The zero-order chi connectivity index (χ0) is 12.0. The number of rotatable bonds is 5. The maximum absolute atomic E-state index is 8.45. The van der Waals surface area contributed by atoms with E-state index in [9.17, 15) is 0 Å². The zero-order valence-electron chi connectivity index (χ0n) is 10.2. The Hall–Kier alpha value is -1.53. The second kappa shape index (κ2) is 6.14. The van der Waals surface area contributed by atoms with Crippen LogP contribution in [0.25, 0.3) is 0 Å². The molecule has 3 heteroatoms. The summed E-state index contributed by atoms with van der Waals surface area (Å²) in [6.45, 7) is 2.86. The van der Waals surface area contributed by atoms with Crippen molar-refractivity contribution in [2.75, 3.05) is 25.5 Å². The Labute approximate surface area is 97.7 Å². The van der Waals surface area contributed by atoms with Gasteiger partial charge in [0.2, 0.25) is 0 Å². The molecule has 0 aliphatic carbocycles. The number of nitrogens with zero attached hydrogens (tertiary/aromatic N) is 2. The van der Waals surface area contributed by atoms with Crippen LogP contribution in [0, 0.1) is 11.3 Å². The molecule has 0 aliphatic heterocycles. The van der Waals surface area contributed by atoms with Crippen molar-refractivity contribution in [1.82, 2.24) is 5.32 Å². The average molecular weight is 217 g/mol. The van der Waals surface area contributed by atoms with Gasteiger partial charge in [-0.1, -0.05) is 12.1 Å². The standard InChI is InChI=1S/C13H19N3/c1-11(15-10-4-9-14)12-5-7-13(8-6-12)16(2)3/h5-8,11,15H,4,10H2,1-3H3. The van der Waals surface area contributed by atoms with E-state index in [4.69, 9.17) is 5.26 Å². The molecule has 1 unspecified atom stereocenters. The van der Waals surface area contributed by atoms with Crippen LogP contribution in [0.2, 0.25) is 0 Å². The lowest BCUT2D eigenvalue weighted by molar-refractivity contribution is 0.583. The summed E-state index contributed by atoms with van der Waals surface area (Å²) in [7, 11) is 4.06. The van der Waals surface area contributed by atoms with E-state index in [0.29, 0.717) is 12.5 Å². The molecule has 16 heavy (non-hydrogen) atoms. The van der Waals surface area contributed by atoms with Gasteiger partial charge in [0.1, 0.15) is 0 Å². The van der Waals surface area contributed by atoms with E-state index in [-0.39, 0.29) is 0 Å². The molecule has 0 fully saturated rings. The van der Waals surface area contributed by atoms with Gasteiger partial charge < -0.3 is 10.2 Å². The molecular weight excluding hydrogens is 198 g/mol. The maximum atomic E-state index is 8.45. The predicted molar refractivity (Wildman–Crippen MR) is 67.4 cm³/mol. The van der Waals surface area contributed by atoms with Gasteiger partial charge in [-0.2, -0.15) is 5.26 Å². The third-order valence-corrected chi connectivity index (χ3v) is 2.60. The molecular formula is C13H19N3. The van der Waals surface area contributed by atoms with Gasteiger partial charge in [0.25, 0.3) is 0 Å². The molecule has 1 N–H and O–H groups in total. The summed E-state index contributed by atoms with van der Waals surface area (Å²) in [5, 5.41) is 11.8. The van der Waals surface area contributed by atoms with E-state index in [2.05, 4.69) is 47.5 Å². The minimum absolute atomic E-state index is 0.296. The van der Waals surface area contributed by atoms with Crippen LogP contribution in [0.4, 0.5) is 5.69 Å². The minimum Gasteiger partial charge on any atom is -0.378 e. The molecule has 0 saturated carbocycles. The first-order valence-corrected chi connectivity index (χ1v) is 5.52. The van der Waals surface area contributed by atoms with Crippen molar-refractivity contribution < 1.29 is 0 Å². The van der Waals surface area contributed by atoms with Gasteiger partial charge in [-0.05, 0) is 24.6 Å². The highest BCUT2D eigenvalue weighted by atomic mass is 15.1. The van der Waals surface area contributed by atoms with Gasteiger partial charge in [-0.15, -0.1) is 0 Å². The van der Waals surface area contributed by atoms with Crippen LogP contribution in [0.3, 0.4) is 0 Å². The number of nitriles is 1. The summed E-state index contributed by atoms with van der Waals surface area (Å²) in [5.41, 5.74) is 2.46. The number of anilines is 1. The molecule has 0 amide bonds. The first-order chi connectivity index (χ1) is 7.65. The van der Waals surface area contributed by atoms with Crippen LogP contribution in [-0.2, 0) is 0 Å². The molecule has 3 nitrogen and oxygen atoms in total. The van der Waals surface area contributed by atoms with E-state index in [1.165, 1.54) is 11.3 Å². The van der Waals surface area contributed by atoms with Crippen LogP contribution in [0.15, 0.2) is 24.3 Å². The Bertz CT molecular complexity index is 348. The van der Waals surface area contributed by atoms with Crippen LogP contribution in [0.1, 0.15) is 24.9 Å². The summed E-state index contributed by atoms with van der Waals surface area (Å²) in [6, 6.07) is 10.9. The summed E-state index contributed by atoms with van der Waals surface area (Å²) < 4.78 is 0. The van der Waals surface area contributed by atoms with E-state index >= 15 is 0 Å². The molecule has 0 saturated heterocycles. The normalized spacial score (nSPS) is 11.9. The van der Waals surface area contributed by atoms with Crippen LogP contribution >= 0.6 is 0 Å².